The maximum absolute atomic E-state index is 13.4. The Balaban J connectivity index is 1.91. The van der Waals surface area contributed by atoms with Crippen molar-refractivity contribution in [2.24, 2.45) is 0 Å². The normalized spacial score (nSPS) is 16.8. The molecule has 1 aliphatic rings. The second-order valence-electron chi connectivity index (χ2n) is 8.48. The second-order valence-corrected chi connectivity index (χ2v) is 9.33. The summed E-state index contributed by atoms with van der Waals surface area (Å²) in [4.78, 5) is 30.4. The standard InChI is InChI=1S/C29H28Cl2N2O4/c1-4-32(5-2)20-11-7-18(8-12-20)26-25(27(34)23-17-22(37-6-3)15-16-24(23)31)28(35)29(36)33(26)21-13-9-19(30)10-14-21/h7-17,26,34H,4-6H2,1-3H3/b27-25+. The molecule has 1 saturated heterocycles. The summed E-state index contributed by atoms with van der Waals surface area (Å²) in [6.07, 6.45) is 0. The van der Waals surface area contributed by atoms with Gasteiger partial charge >= 0.3 is 0 Å². The minimum atomic E-state index is -0.876. The number of Topliss-reactive ketones (excluding diaryl/α,β-unsaturated/α-hetero) is 1. The van der Waals surface area contributed by atoms with E-state index in [1.165, 1.54) is 4.90 Å². The van der Waals surface area contributed by atoms with Crippen molar-refractivity contribution in [1.82, 2.24) is 0 Å². The summed E-state index contributed by atoms with van der Waals surface area (Å²) in [5, 5.41) is 12.2. The van der Waals surface area contributed by atoms with E-state index in [1.54, 1.807) is 42.5 Å². The number of hydrogen-bond donors (Lipinski definition) is 1. The molecule has 1 amide bonds. The van der Waals surface area contributed by atoms with E-state index in [2.05, 4.69) is 18.7 Å². The van der Waals surface area contributed by atoms with E-state index in [0.29, 0.717) is 28.6 Å². The molecule has 1 N–H and O–H groups in total. The molecule has 3 aromatic carbocycles. The molecule has 1 unspecified atom stereocenters. The van der Waals surface area contributed by atoms with Crippen LogP contribution in [0.1, 0.15) is 37.9 Å². The Kier molecular flexibility index (Phi) is 8.10. The molecule has 8 heteroatoms. The number of carbonyl (C=O) groups excluding carboxylic acids is 2. The zero-order chi connectivity index (χ0) is 26.7. The van der Waals surface area contributed by atoms with Gasteiger partial charge in [-0.05, 0) is 80.9 Å². The Morgan fingerprint density at radius 2 is 1.59 bits per heavy atom. The number of nitrogens with zero attached hydrogens (tertiary/aromatic N) is 2. The van der Waals surface area contributed by atoms with Gasteiger partial charge in [0.15, 0.2) is 0 Å². The lowest BCUT2D eigenvalue weighted by Crippen LogP contribution is -2.29. The molecule has 0 aliphatic carbocycles. The fraction of sp³-hybridized carbons (Fsp3) is 0.241. The summed E-state index contributed by atoms with van der Waals surface area (Å²) in [5.74, 6) is -1.43. The van der Waals surface area contributed by atoms with Crippen molar-refractivity contribution in [3.05, 3.63) is 93.5 Å². The quantitative estimate of drug-likeness (QED) is 0.192. The van der Waals surface area contributed by atoms with Crippen LogP contribution >= 0.6 is 23.2 Å². The highest BCUT2D eigenvalue weighted by molar-refractivity contribution is 6.52. The SMILES string of the molecule is CCOc1ccc(Cl)c(/C(O)=C2\C(=O)C(=O)N(c3ccc(Cl)cc3)C2c2ccc(N(CC)CC)cc2)c1. The lowest BCUT2D eigenvalue weighted by atomic mass is 9.94. The van der Waals surface area contributed by atoms with Gasteiger partial charge in [0.25, 0.3) is 11.7 Å². The summed E-state index contributed by atoms with van der Waals surface area (Å²) in [6.45, 7) is 8.09. The summed E-state index contributed by atoms with van der Waals surface area (Å²) in [6, 6.07) is 18.3. The van der Waals surface area contributed by atoms with Crippen molar-refractivity contribution in [1.29, 1.82) is 0 Å². The Labute approximate surface area is 226 Å². The van der Waals surface area contributed by atoms with Crippen LogP contribution in [0.5, 0.6) is 5.75 Å². The van der Waals surface area contributed by atoms with Gasteiger partial charge < -0.3 is 14.7 Å². The van der Waals surface area contributed by atoms with E-state index in [4.69, 9.17) is 27.9 Å². The van der Waals surface area contributed by atoms with E-state index in [-0.39, 0.29) is 21.9 Å². The lowest BCUT2D eigenvalue weighted by Gasteiger charge is -2.27. The molecular weight excluding hydrogens is 511 g/mol. The summed E-state index contributed by atoms with van der Waals surface area (Å²) >= 11 is 12.5. The Bertz CT molecular complexity index is 1330. The van der Waals surface area contributed by atoms with Crippen LogP contribution in [0, 0.1) is 0 Å². The van der Waals surface area contributed by atoms with Gasteiger partial charge in [0.2, 0.25) is 0 Å². The van der Waals surface area contributed by atoms with Crippen molar-refractivity contribution in [2.75, 3.05) is 29.5 Å². The third-order valence-corrected chi connectivity index (χ3v) is 6.97. The number of aliphatic hydroxyl groups excluding tert-OH is 1. The number of benzene rings is 3. The number of aliphatic hydroxyl groups is 1. The topological polar surface area (TPSA) is 70.1 Å². The van der Waals surface area contributed by atoms with Crippen LogP contribution in [0.25, 0.3) is 5.76 Å². The Morgan fingerprint density at radius 3 is 2.19 bits per heavy atom. The minimum Gasteiger partial charge on any atom is -0.507 e. The van der Waals surface area contributed by atoms with E-state index in [0.717, 1.165) is 18.8 Å². The molecule has 1 fully saturated rings. The smallest absolute Gasteiger partial charge is 0.300 e. The average Bonchev–Trinajstić information content (AvgIpc) is 3.17. The predicted molar refractivity (Wildman–Crippen MR) is 149 cm³/mol. The van der Waals surface area contributed by atoms with Crippen LogP contribution in [0.15, 0.2) is 72.3 Å². The van der Waals surface area contributed by atoms with Crippen molar-refractivity contribution in [3.8, 4) is 5.75 Å². The molecule has 192 valence electrons. The summed E-state index contributed by atoms with van der Waals surface area (Å²) in [7, 11) is 0. The number of amides is 1. The molecule has 0 spiro atoms. The summed E-state index contributed by atoms with van der Waals surface area (Å²) in [5.41, 5.74) is 2.34. The van der Waals surface area contributed by atoms with Crippen LogP contribution in [0.4, 0.5) is 11.4 Å². The van der Waals surface area contributed by atoms with E-state index in [1.807, 2.05) is 31.2 Å². The molecule has 3 aromatic rings. The van der Waals surface area contributed by atoms with Crippen LogP contribution in [-0.2, 0) is 9.59 Å². The molecule has 0 radical (unpaired) electrons. The lowest BCUT2D eigenvalue weighted by molar-refractivity contribution is -0.132. The zero-order valence-electron chi connectivity index (χ0n) is 20.9. The van der Waals surface area contributed by atoms with Crippen LogP contribution in [0.3, 0.4) is 0 Å². The molecule has 0 aromatic heterocycles. The van der Waals surface area contributed by atoms with E-state index >= 15 is 0 Å². The number of anilines is 2. The monoisotopic (exact) mass is 538 g/mol. The van der Waals surface area contributed by atoms with Gasteiger partial charge in [-0.2, -0.15) is 0 Å². The third kappa shape index (κ3) is 5.17. The molecule has 37 heavy (non-hydrogen) atoms. The minimum absolute atomic E-state index is 0.0499. The first-order valence-electron chi connectivity index (χ1n) is 12.1. The van der Waals surface area contributed by atoms with Gasteiger partial charge in [-0.25, -0.2) is 0 Å². The van der Waals surface area contributed by atoms with Gasteiger partial charge in [0.05, 0.1) is 23.2 Å². The Hall–Kier alpha value is -3.48. The van der Waals surface area contributed by atoms with Crippen molar-refractivity contribution < 1.29 is 19.4 Å². The molecule has 0 bridgehead atoms. The highest BCUT2D eigenvalue weighted by Gasteiger charge is 2.47. The molecular formula is C29H28Cl2N2O4. The van der Waals surface area contributed by atoms with Crippen LogP contribution in [0.2, 0.25) is 10.0 Å². The maximum Gasteiger partial charge on any atom is 0.300 e. The predicted octanol–water partition coefficient (Wildman–Crippen LogP) is 6.86. The molecule has 6 nitrogen and oxygen atoms in total. The second kappa shape index (κ2) is 11.3. The molecule has 1 heterocycles. The first kappa shape index (κ1) is 26.6. The zero-order valence-corrected chi connectivity index (χ0v) is 22.4. The van der Waals surface area contributed by atoms with Gasteiger partial charge in [-0.1, -0.05) is 35.3 Å². The number of hydrogen-bond acceptors (Lipinski definition) is 5. The Morgan fingerprint density at radius 1 is 0.946 bits per heavy atom. The fourth-order valence-corrected chi connectivity index (χ4v) is 4.89. The highest BCUT2D eigenvalue weighted by atomic mass is 35.5. The molecule has 0 saturated carbocycles. The first-order valence-corrected chi connectivity index (χ1v) is 12.9. The van der Waals surface area contributed by atoms with Gasteiger partial charge in [-0.15, -0.1) is 0 Å². The van der Waals surface area contributed by atoms with Crippen molar-refractivity contribution >= 4 is 52.0 Å². The van der Waals surface area contributed by atoms with Gasteiger partial charge in [0.1, 0.15) is 11.5 Å². The third-order valence-electron chi connectivity index (χ3n) is 6.39. The van der Waals surface area contributed by atoms with Crippen molar-refractivity contribution in [2.45, 2.75) is 26.8 Å². The number of ketones is 1. The number of carbonyl (C=O) groups is 2. The number of rotatable bonds is 8. The first-order chi connectivity index (χ1) is 17.8. The summed E-state index contributed by atoms with van der Waals surface area (Å²) < 4.78 is 5.56. The van der Waals surface area contributed by atoms with E-state index < -0.39 is 17.7 Å². The largest absolute Gasteiger partial charge is 0.507 e. The molecule has 1 atom stereocenters. The number of ether oxygens (including phenoxy) is 1. The molecule has 4 rings (SSSR count). The number of halogens is 2. The van der Waals surface area contributed by atoms with Gasteiger partial charge in [0, 0.05) is 35.1 Å². The average molecular weight is 539 g/mol. The molecule has 1 aliphatic heterocycles. The fourth-order valence-electron chi connectivity index (χ4n) is 4.56. The van der Waals surface area contributed by atoms with Crippen LogP contribution < -0.4 is 14.5 Å². The van der Waals surface area contributed by atoms with Gasteiger partial charge in [-0.3, -0.25) is 14.5 Å². The maximum atomic E-state index is 13.4. The van der Waals surface area contributed by atoms with E-state index in [9.17, 15) is 14.7 Å². The van der Waals surface area contributed by atoms with Crippen molar-refractivity contribution in [3.63, 3.8) is 0 Å². The van der Waals surface area contributed by atoms with Crippen LogP contribution in [-0.4, -0.2) is 36.5 Å². The highest BCUT2D eigenvalue weighted by Crippen LogP contribution is 2.43.